The standard InChI is InChI=1S/C20H20ClN7O/c21-15-2-1-3-17(8-15)26-20-24-11-18(14-9-22-12-23-10-14)19(27-20)25-16-4-6-28(13-29)7-5-16/h1-3,8-13,16H,4-7H2,(H2,24,25,26,27). The molecule has 1 amide bonds. The van der Waals surface area contributed by atoms with Gasteiger partial charge in [0.05, 0.1) is 0 Å². The number of hydrogen-bond donors (Lipinski definition) is 2. The highest BCUT2D eigenvalue weighted by Crippen LogP contribution is 2.28. The Balaban J connectivity index is 1.61. The van der Waals surface area contributed by atoms with Gasteiger partial charge in [0, 0.05) is 59.6 Å². The van der Waals surface area contributed by atoms with E-state index in [4.69, 9.17) is 16.6 Å². The van der Waals surface area contributed by atoms with Crippen molar-refractivity contribution in [2.45, 2.75) is 18.9 Å². The van der Waals surface area contributed by atoms with Gasteiger partial charge in [-0.25, -0.2) is 15.0 Å². The molecule has 0 bridgehead atoms. The highest BCUT2D eigenvalue weighted by atomic mass is 35.5. The number of rotatable bonds is 6. The van der Waals surface area contributed by atoms with E-state index in [1.54, 1.807) is 23.5 Å². The first-order chi connectivity index (χ1) is 14.2. The molecule has 0 spiro atoms. The molecule has 2 N–H and O–H groups in total. The number of benzene rings is 1. The monoisotopic (exact) mass is 409 g/mol. The van der Waals surface area contributed by atoms with Crippen LogP contribution in [0.25, 0.3) is 11.1 Å². The lowest BCUT2D eigenvalue weighted by atomic mass is 10.0. The lowest BCUT2D eigenvalue weighted by molar-refractivity contribution is -0.118. The number of likely N-dealkylation sites (tertiary alicyclic amines) is 1. The zero-order valence-corrected chi connectivity index (χ0v) is 16.4. The lowest BCUT2D eigenvalue weighted by Gasteiger charge is -2.30. The molecule has 0 unspecified atom stereocenters. The number of carbonyl (C=O) groups is 1. The molecule has 0 saturated carbocycles. The quantitative estimate of drug-likeness (QED) is 0.602. The summed E-state index contributed by atoms with van der Waals surface area (Å²) in [6.45, 7) is 1.45. The lowest BCUT2D eigenvalue weighted by Crippen LogP contribution is -2.38. The van der Waals surface area contributed by atoms with E-state index < -0.39 is 0 Å². The molecule has 9 heteroatoms. The average Bonchev–Trinajstić information content (AvgIpc) is 2.75. The van der Waals surface area contributed by atoms with Crippen LogP contribution in [0.4, 0.5) is 17.5 Å². The van der Waals surface area contributed by atoms with Gasteiger partial charge in [-0.15, -0.1) is 0 Å². The van der Waals surface area contributed by atoms with Crippen LogP contribution in [0.2, 0.25) is 5.02 Å². The van der Waals surface area contributed by atoms with Crippen molar-refractivity contribution in [3.8, 4) is 11.1 Å². The number of aromatic nitrogens is 4. The number of amides is 1. The van der Waals surface area contributed by atoms with Gasteiger partial charge in [-0.05, 0) is 31.0 Å². The van der Waals surface area contributed by atoms with E-state index in [0.29, 0.717) is 16.8 Å². The summed E-state index contributed by atoms with van der Waals surface area (Å²) in [6, 6.07) is 7.59. The number of halogens is 1. The minimum Gasteiger partial charge on any atom is -0.367 e. The summed E-state index contributed by atoms with van der Waals surface area (Å²) < 4.78 is 0. The normalized spacial score (nSPS) is 14.4. The van der Waals surface area contributed by atoms with Crippen LogP contribution in [0.5, 0.6) is 0 Å². The van der Waals surface area contributed by atoms with Gasteiger partial charge in [-0.2, -0.15) is 4.98 Å². The van der Waals surface area contributed by atoms with Gasteiger partial charge in [0.15, 0.2) is 0 Å². The van der Waals surface area contributed by atoms with Crippen molar-refractivity contribution in [3.63, 3.8) is 0 Å². The van der Waals surface area contributed by atoms with Gasteiger partial charge >= 0.3 is 0 Å². The summed E-state index contributed by atoms with van der Waals surface area (Å²) >= 11 is 6.06. The molecule has 2 aromatic heterocycles. The zero-order valence-electron chi connectivity index (χ0n) is 15.6. The Morgan fingerprint density at radius 2 is 1.93 bits per heavy atom. The molecule has 0 aliphatic carbocycles. The summed E-state index contributed by atoms with van der Waals surface area (Å²) in [5, 5.41) is 7.33. The Morgan fingerprint density at radius 1 is 1.14 bits per heavy atom. The fourth-order valence-electron chi connectivity index (χ4n) is 3.24. The highest BCUT2D eigenvalue weighted by Gasteiger charge is 2.20. The van der Waals surface area contributed by atoms with Crippen LogP contribution in [0.1, 0.15) is 12.8 Å². The minimum atomic E-state index is 0.212. The predicted molar refractivity (Wildman–Crippen MR) is 112 cm³/mol. The van der Waals surface area contributed by atoms with Crippen molar-refractivity contribution in [1.29, 1.82) is 0 Å². The molecular formula is C20H20ClN7O. The molecule has 3 heterocycles. The van der Waals surface area contributed by atoms with Crippen molar-refractivity contribution >= 4 is 35.5 Å². The molecule has 3 aromatic rings. The molecule has 0 atom stereocenters. The maximum atomic E-state index is 11.0. The fraction of sp³-hybridized carbons (Fsp3) is 0.250. The van der Waals surface area contributed by atoms with Crippen molar-refractivity contribution < 1.29 is 4.79 Å². The Bertz CT molecular complexity index is 978. The van der Waals surface area contributed by atoms with E-state index in [1.165, 1.54) is 6.33 Å². The number of hydrogen-bond acceptors (Lipinski definition) is 7. The second-order valence-corrected chi connectivity index (χ2v) is 7.21. The van der Waals surface area contributed by atoms with Crippen molar-refractivity contribution in [3.05, 3.63) is 54.2 Å². The number of anilines is 3. The average molecular weight is 410 g/mol. The van der Waals surface area contributed by atoms with E-state index in [-0.39, 0.29) is 6.04 Å². The number of nitrogens with one attached hydrogen (secondary N) is 2. The third-order valence-electron chi connectivity index (χ3n) is 4.76. The Labute approximate surface area is 173 Å². The van der Waals surface area contributed by atoms with E-state index in [2.05, 4.69) is 25.6 Å². The maximum Gasteiger partial charge on any atom is 0.229 e. The van der Waals surface area contributed by atoms with Crippen molar-refractivity contribution in [1.82, 2.24) is 24.8 Å². The summed E-state index contributed by atoms with van der Waals surface area (Å²) in [6.07, 6.45) is 9.31. The summed E-state index contributed by atoms with van der Waals surface area (Å²) in [7, 11) is 0. The van der Waals surface area contributed by atoms with E-state index >= 15 is 0 Å². The molecule has 4 rings (SSSR count). The van der Waals surface area contributed by atoms with Crippen LogP contribution in [0, 0.1) is 0 Å². The van der Waals surface area contributed by atoms with Crippen LogP contribution >= 0.6 is 11.6 Å². The highest BCUT2D eigenvalue weighted by molar-refractivity contribution is 6.30. The van der Waals surface area contributed by atoms with Crippen LogP contribution in [-0.4, -0.2) is 50.4 Å². The number of piperidine rings is 1. The van der Waals surface area contributed by atoms with Gasteiger partial charge in [-0.1, -0.05) is 17.7 Å². The third-order valence-corrected chi connectivity index (χ3v) is 5.00. The van der Waals surface area contributed by atoms with Crippen LogP contribution in [0.15, 0.2) is 49.2 Å². The third kappa shape index (κ3) is 4.78. The maximum absolute atomic E-state index is 11.0. The minimum absolute atomic E-state index is 0.212. The SMILES string of the molecule is O=CN1CCC(Nc2nc(Nc3cccc(Cl)c3)ncc2-c2cncnc2)CC1. The Hall–Kier alpha value is -3.26. The molecule has 8 nitrogen and oxygen atoms in total. The molecule has 1 aliphatic rings. The first-order valence-corrected chi connectivity index (χ1v) is 9.70. The smallest absolute Gasteiger partial charge is 0.229 e. The molecule has 29 heavy (non-hydrogen) atoms. The van der Waals surface area contributed by atoms with Crippen LogP contribution in [0.3, 0.4) is 0 Å². The predicted octanol–water partition coefficient (Wildman–Crippen LogP) is 3.36. The molecule has 1 aliphatic heterocycles. The van der Waals surface area contributed by atoms with Gasteiger partial charge in [0.1, 0.15) is 12.1 Å². The molecule has 148 valence electrons. The second kappa shape index (κ2) is 8.83. The van der Waals surface area contributed by atoms with Crippen LogP contribution < -0.4 is 10.6 Å². The summed E-state index contributed by atoms with van der Waals surface area (Å²) in [5.74, 6) is 1.16. The van der Waals surface area contributed by atoms with Crippen LogP contribution in [-0.2, 0) is 4.79 Å². The molecule has 1 fully saturated rings. The molecule has 0 radical (unpaired) electrons. The van der Waals surface area contributed by atoms with E-state index in [0.717, 1.165) is 49.2 Å². The first kappa shape index (κ1) is 19.1. The first-order valence-electron chi connectivity index (χ1n) is 9.32. The fourth-order valence-corrected chi connectivity index (χ4v) is 3.43. The van der Waals surface area contributed by atoms with Crippen molar-refractivity contribution in [2.75, 3.05) is 23.7 Å². The van der Waals surface area contributed by atoms with Gasteiger partial charge in [0.2, 0.25) is 12.4 Å². The molecule has 1 aromatic carbocycles. The summed E-state index contributed by atoms with van der Waals surface area (Å²) in [5.41, 5.74) is 2.45. The topological polar surface area (TPSA) is 95.9 Å². The Kier molecular flexibility index (Phi) is 5.81. The second-order valence-electron chi connectivity index (χ2n) is 6.78. The van der Waals surface area contributed by atoms with Crippen molar-refractivity contribution in [2.24, 2.45) is 0 Å². The van der Waals surface area contributed by atoms with E-state index in [9.17, 15) is 4.79 Å². The molecule has 1 saturated heterocycles. The van der Waals surface area contributed by atoms with Gasteiger partial charge in [-0.3, -0.25) is 4.79 Å². The van der Waals surface area contributed by atoms with Gasteiger partial charge in [0.25, 0.3) is 0 Å². The molecular weight excluding hydrogens is 390 g/mol. The largest absolute Gasteiger partial charge is 0.367 e. The van der Waals surface area contributed by atoms with E-state index in [1.807, 2.05) is 24.3 Å². The summed E-state index contributed by atoms with van der Waals surface area (Å²) in [4.78, 5) is 30.1. The Morgan fingerprint density at radius 3 is 2.66 bits per heavy atom. The number of carbonyl (C=O) groups excluding carboxylic acids is 1. The number of nitrogens with zero attached hydrogens (tertiary/aromatic N) is 5. The zero-order chi connectivity index (χ0) is 20.1. The van der Waals surface area contributed by atoms with Gasteiger partial charge < -0.3 is 15.5 Å².